The van der Waals surface area contributed by atoms with Crippen molar-refractivity contribution in [2.75, 3.05) is 0 Å². The molecule has 1 aromatic heterocycles. The number of aliphatic imine (C=N–C) groups is 1. The molecule has 0 spiro atoms. The van der Waals surface area contributed by atoms with Gasteiger partial charge >= 0.3 is 0 Å². The average Bonchev–Trinajstić information content (AvgIpc) is 3.24. The van der Waals surface area contributed by atoms with Crippen LogP contribution in [0.15, 0.2) is 108 Å². The summed E-state index contributed by atoms with van der Waals surface area (Å²) in [5, 5.41) is 11.8. The SMILES string of the molecule is CC1(n2c3ccccc3c3ccccc32)C=CC=CC1c1ccccc1C1=CC[C@H](C#N)C=N1. The van der Waals surface area contributed by atoms with Gasteiger partial charge in [-0.1, -0.05) is 91.0 Å². The monoisotopic (exact) mass is 439 g/mol. The summed E-state index contributed by atoms with van der Waals surface area (Å²) in [7, 11) is 0. The first-order valence-corrected chi connectivity index (χ1v) is 11.8. The van der Waals surface area contributed by atoms with Gasteiger partial charge < -0.3 is 4.57 Å². The molecule has 0 saturated carbocycles. The number of allylic oxidation sites excluding steroid dienone is 5. The van der Waals surface area contributed by atoms with Crippen molar-refractivity contribution in [2.24, 2.45) is 10.9 Å². The molecule has 1 aliphatic carbocycles. The van der Waals surface area contributed by atoms with Gasteiger partial charge in [0.25, 0.3) is 0 Å². The number of para-hydroxylation sites is 2. The molecule has 0 amide bonds. The van der Waals surface area contributed by atoms with Crippen molar-refractivity contribution in [2.45, 2.75) is 24.8 Å². The van der Waals surface area contributed by atoms with Crippen LogP contribution in [0.5, 0.6) is 0 Å². The van der Waals surface area contributed by atoms with Gasteiger partial charge in [0.2, 0.25) is 0 Å². The topological polar surface area (TPSA) is 41.1 Å². The quantitative estimate of drug-likeness (QED) is 0.328. The molecule has 4 aromatic rings. The first-order chi connectivity index (χ1) is 16.7. The Morgan fingerprint density at radius 2 is 1.59 bits per heavy atom. The zero-order valence-corrected chi connectivity index (χ0v) is 19.1. The second-order valence-electron chi connectivity index (χ2n) is 9.24. The van der Waals surface area contributed by atoms with Crippen LogP contribution in [0.25, 0.3) is 27.5 Å². The molecular formula is C31H25N3. The standard InChI is InChI=1S/C31H25N3/c1-31(34-29-15-6-4-12-25(29)26-13-5-7-16-30(26)34)19-9-8-14-27(31)23-10-2-3-11-24(23)28-18-17-22(20-32)21-33-28/h2-16,18-19,21-22,27H,17H2,1H3/t22-,27?,31?/m1/s1. The molecule has 2 heterocycles. The van der Waals surface area contributed by atoms with E-state index in [-0.39, 0.29) is 17.4 Å². The number of nitrogens with zero attached hydrogens (tertiary/aromatic N) is 3. The summed E-state index contributed by atoms with van der Waals surface area (Å²) in [6, 6.07) is 28.2. The highest BCUT2D eigenvalue weighted by molar-refractivity contribution is 6.08. The first kappa shape index (κ1) is 20.4. The summed E-state index contributed by atoms with van der Waals surface area (Å²) < 4.78 is 2.50. The third kappa shape index (κ3) is 3.07. The maximum absolute atomic E-state index is 9.26. The van der Waals surface area contributed by atoms with E-state index in [1.807, 2.05) is 0 Å². The van der Waals surface area contributed by atoms with Crippen LogP contribution in [0.3, 0.4) is 0 Å². The molecule has 3 nitrogen and oxygen atoms in total. The molecule has 0 saturated heterocycles. The molecule has 3 heteroatoms. The molecule has 1 aliphatic heterocycles. The fraction of sp³-hybridized carbons (Fsp3) is 0.161. The Morgan fingerprint density at radius 3 is 2.26 bits per heavy atom. The van der Waals surface area contributed by atoms with Crippen molar-refractivity contribution in [3.8, 4) is 6.07 Å². The fourth-order valence-corrected chi connectivity index (χ4v) is 5.59. The lowest BCUT2D eigenvalue weighted by atomic mass is 9.75. The van der Waals surface area contributed by atoms with Crippen molar-refractivity contribution in [1.82, 2.24) is 4.57 Å². The van der Waals surface area contributed by atoms with Gasteiger partial charge in [-0.2, -0.15) is 5.26 Å². The molecule has 164 valence electrons. The van der Waals surface area contributed by atoms with Crippen LogP contribution in [0.1, 0.15) is 30.4 Å². The summed E-state index contributed by atoms with van der Waals surface area (Å²) in [6.07, 6.45) is 13.6. The first-order valence-electron chi connectivity index (χ1n) is 11.8. The smallest absolute Gasteiger partial charge is 0.0850 e. The summed E-state index contributed by atoms with van der Waals surface area (Å²) >= 11 is 0. The van der Waals surface area contributed by atoms with Crippen molar-refractivity contribution in [1.29, 1.82) is 5.26 Å². The Hall–Kier alpha value is -4.16. The van der Waals surface area contributed by atoms with Gasteiger partial charge in [0, 0.05) is 39.5 Å². The van der Waals surface area contributed by atoms with Crippen molar-refractivity contribution >= 4 is 33.7 Å². The second kappa shape index (κ2) is 8.01. The van der Waals surface area contributed by atoms with E-state index in [0.717, 1.165) is 11.3 Å². The van der Waals surface area contributed by atoms with Crippen LogP contribution in [-0.2, 0) is 5.54 Å². The molecule has 0 N–H and O–H groups in total. The van der Waals surface area contributed by atoms with Crippen LogP contribution in [0.2, 0.25) is 0 Å². The molecule has 2 aliphatic rings. The molecule has 2 unspecified atom stereocenters. The Labute approximate surface area is 199 Å². The lowest BCUT2D eigenvalue weighted by Gasteiger charge is -2.39. The Balaban J connectivity index is 1.56. The van der Waals surface area contributed by atoms with Crippen LogP contribution in [-0.4, -0.2) is 10.8 Å². The lowest BCUT2D eigenvalue weighted by molar-refractivity contribution is 0.387. The molecule has 34 heavy (non-hydrogen) atoms. The van der Waals surface area contributed by atoms with E-state index >= 15 is 0 Å². The van der Waals surface area contributed by atoms with E-state index in [0.29, 0.717) is 6.42 Å². The predicted molar refractivity (Wildman–Crippen MR) is 141 cm³/mol. The molecular weight excluding hydrogens is 414 g/mol. The molecule has 6 rings (SSSR count). The Bertz CT molecular complexity index is 1520. The summed E-state index contributed by atoms with van der Waals surface area (Å²) in [4.78, 5) is 4.68. The number of aromatic nitrogens is 1. The van der Waals surface area contributed by atoms with E-state index in [1.165, 1.54) is 27.4 Å². The third-order valence-corrected chi connectivity index (χ3v) is 7.24. The Kier molecular flexibility index (Phi) is 4.81. The van der Waals surface area contributed by atoms with Gasteiger partial charge in [-0.15, -0.1) is 0 Å². The molecule has 0 bridgehead atoms. The van der Waals surface area contributed by atoms with E-state index < -0.39 is 0 Å². The second-order valence-corrected chi connectivity index (χ2v) is 9.24. The van der Waals surface area contributed by atoms with E-state index in [2.05, 4.69) is 126 Å². The number of hydrogen-bond donors (Lipinski definition) is 0. The maximum Gasteiger partial charge on any atom is 0.0850 e. The summed E-state index contributed by atoms with van der Waals surface area (Å²) in [5.74, 6) is -0.0333. The Morgan fingerprint density at radius 1 is 0.912 bits per heavy atom. The fourth-order valence-electron chi connectivity index (χ4n) is 5.59. The van der Waals surface area contributed by atoms with Crippen LogP contribution < -0.4 is 0 Å². The number of rotatable bonds is 3. The minimum Gasteiger partial charge on any atom is -0.330 e. The van der Waals surface area contributed by atoms with Gasteiger partial charge in [0.15, 0.2) is 0 Å². The number of nitriles is 1. The largest absolute Gasteiger partial charge is 0.330 e. The average molecular weight is 440 g/mol. The number of fused-ring (bicyclic) bond motifs is 3. The van der Waals surface area contributed by atoms with Gasteiger partial charge in [0.05, 0.1) is 23.2 Å². The van der Waals surface area contributed by atoms with Gasteiger partial charge in [-0.25, -0.2) is 0 Å². The van der Waals surface area contributed by atoms with Crippen LogP contribution in [0, 0.1) is 17.2 Å². The normalized spacial score (nSPS) is 23.8. The molecule has 0 radical (unpaired) electrons. The van der Waals surface area contributed by atoms with Crippen LogP contribution >= 0.6 is 0 Å². The van der Waals surface area contributed by atoms with Crippen molar-refractivity contribution in [3.05, 3.63) is 114 Å². The van der Waals surface area contributed by atoms with Crippen LogP contribution in [0.4, 0.5) is 0 Å². The third-order valence-electron chi connectivity index (χ3n) is 7.24. The minimum atomic E-state index is -0.318. The number of benzene rings is 3. The van der Waals surface area contributed by atoms with E-state index in [1.54, 1.807) is 6.21 Å². The molecule has 3 atom stereocenters. The lowest BCUT2D eigenvalue weighted by Crippen LogP contribution is -2.35. The van der Waals surface area contributed by atoms with E-state index in [9.17, 15) is 5.26 Å². The predicted octanol–water partition coefficient (Wildman–Crippen LogP) is 7.37. The van der Waals surface area contributed by atoms with E-state index in [4.69, 9.17) is 0 Å². The van der Waals surface area contributed by atoms with Crippen molar-refractivity contribution < 1.29 is 0 Å². The van der Waals surface area contributed by atoms with Gasteiger partial charge in [-0.3, -0.25) is 4.99 Å². The highest BCUT2D eigenvalue weighted by atomic mass is 15.1. The maximum atomic E-state index is 9.26. The van der Waals surface area contributed by atoms with Gasteiger partial charge in [0.1, 0.15) is 0 Å². The number of hydrogen-bond acceptors (Lipinski definition) is 2. The highest BCUT2D eigenvalue weighted by Gasteiger charge is 2.38. The summed E-state index contributed by atoms with van der Waals surface area (Å²) in [5.41, 5.74) is 5.48. The summed E-state index contributed by atoms with van der Waals surface area (Å²) in [6.45, 7) is 2.33. The molecule has 0 fully saturated rings. The zero-order valence-electron chi connectivity index (χ0n) is 19.1. The highest BCUT2D eigenvalue weighted by Crippen LogP contribution is 2.46. The van der Waals surface area contributed by atoms with Crippen molar-refractivity contribution in [3.63, 3.8) is 0 Å². The zero-order chi connectivity index (χ0) is 23.1. The van der Waals surface area contributed by atoms with Gasteiger partial charge in [-0.05, 0) is 31.0 Å². The minimum absolute atomic E-state index is 0.109. The molecule has 3 aromatic carbocycles.